The molecule has 1 heterocycles. The molecule has 1 fully saturated rings. The number of carbonyl (C=O) groups excluding carboxylic acids is 2. The van der Waals surface area contributed by atoms with Gasteiger partial charge in [0.1, 0.15) is 17.6 Å². The van der Waals surface area contributed by atoms with Crippen molar-refractivity contribution >= 4 is 11.8 Å². The SMILES string of the molecule is CC(C)N1CCN(C(=O)CCOc2cccc(F)c2)CC1C(N)=O. The Balaban J connectivity index is 1.85. The molecule has 132 valence electrons. The maximum Gasteiger partial charge on any atom is 0.236 e. The van der Waals surface area contributed by atoms with Crippen molar-refractivity contribution in [1.82, 2.24) is 9.80 Å². The molecule has 24 heavy (non-hydrogen) atoms. The molecule has 0 aromatic heterocycles. The van der Waals surface area contributed by atoms with Gasteiger partial charge >= 0.3 is 0 Å². The second-order valence-corrected chi connectivity index (χ2v) is 6.15. The van der Waals surface area contributed by atoms with E-state index in [-0.39, 0.29) is 30.8 Å². The van der Waals surface area contributed by atoms with Gasteiger partial charge in [-0.05, 0) is 26.0 Å². The van der Waals surface area contributed by atoms with Gasteiger partial charge in [0, 0.05) is 31.7 Å². The molecule has 1 aliphatic rings. The van der Waals surface area contributed by atoms with Crippen molar-refractivity contribution in [1.29, 1.82) is 0 Å². The molecule has 0 aliphatic carbocycles. The molecule has 1 atom stereocenters. The molecule has 6 nitrogen and oxygen atoms in total. The van der Waals surface area contributed by atoms with Crippen LogP contribution >= 0.6 is 0 Å². The number of rotatable bonds is 6. The van der Waals surface area contributed by atoms with E-state index in [1.54, 1.807) is 17.0 Å². The third kappa shape index (κ3) is 4.67. The lowest BCUT2D eigenvalue weighted by Gasteiger charge is -2.42. The monoisotopic (exact) mass is 337 g/mol. The second kappa shape index (κ2) is 8.10. The number of ether oxygens (including phenoxy) is 1. The van der Waals surface area contributed by atoms with Crippen molar-refractivity contribution in [2.24, 2.45) is 5.73 Å². The van der Waals surface area contributed by atoms with E-state index in [4.69, 9.17) is 10.5 Å². The van der Waals surface area contributed by atoms with Crippen molar-refractivity contribution in [3.8, 4) is 5.75 Å². The first-order valence-corrected chi connectivity index (χ1v) is 8.09. The Bertz CT molecular complexity index is 594. The number of primary amides is 1. The number of benzene rings is 1. The summed E-state index contributed by atoms with van der Waals surface area (Å²) in [5.74, 6) is -0.506. The average molecular weight is 337 g/mol. The molecular formula is C17H24FN3O3. The van der Waals surface area contributed by atoms with Crippen LogP contribution in [0.1, 0.15) is 20.3 Å². The fourth-order valence-electron chi connectivity index (χ4n) is 2.87. The van der Waals surface area contributed by atoms with Crippen molar-refractivity contribution in [3.05, 3.63) is 30.1 Å². The third-order valence-electron chi connectivity index (χ3n) is 4.15. The Morgan fingerprint density at radius 1 is 1.38 bits per heavy atom. The first kappa shape index (κ1) is 18.2. The highest BCUT2D eigenvalue weighted by atomic mass is 19.1. The Morgan fingerprint density at radius 2 is 2.12 bits per heavy atom. The van der Waals surface area contributed by atoms with E-state index < -0.39 is 11.9 Å². The van der Waals surface area contributed by atoms with Gasteiger partial charge in [-0.3, -0.25) is 14.5 Å². The Hall–Kier alpha value is -2.15. The number of halogens is 1. The molecule has 7 heteroatoms. The molecule has 2 amide bonds. The molecule has 0 spiro atoms. The predicted molar refractivity (Wildman–Crippen MR) is 87.9 cm³/mol. The van der Waals surface area contributed by atoms with E-state index in [1.807, 2.05) is 18.7 Å². The maximum atomic E-state index is 13.1. The minimum Gasteiger partial charge on any atom is -0.493 e. The molecule has 1 aliphatic heterocycles. The fraction of sp³-hybridized carbons (Fsp3) is 0.529. The zero-order valence-corrected chi connectivity index (χ0v) is 14.1. The molecule has 1 unspecified atom stereocenters. The van der Waals surface area contributed by atoms with Crippen LogP contribution in [0.5, 0.6) is 5.75 Å². The van der Waals surface area contributed by atoms with Crippen LogP contribution in [-0.2, 0) is 9.59 Å². The third-order valence-corrected chi connectivity index (χ3v) is 4.15. The summed E-state index contributed by atoms with van der Waals surface area (Å²) in [4.78, 5) is 27.6. The van der Waals surface area contributed by atoms with E-state index in [0.717, 1.165) is 0 Å². The molecule has 1 aromatic rings. The maximum absolute atomic E-state index is 13.1. The van der Waals surface area contributed by atoms with E-state index >= 15 is 0 Å². The topological polar surface area (TPSA) is 75.9 Å². The average Bonchev–Trinajstić information content (AvgIpc) is 2.54. The minimum atomic E-state index is -0.466. The normalized spacial score (nSPS) is 18.7. The molecule has 0 bridgehead atoms. The first-order valence-electron chi connectivity index (χ1n) is 8.09. The van der Waals surface area contributed by atoms with Crippen molar-refractivity contribution in [2.45, 2.75) is 32.4 Å². The van der Waals surface area contributed by atoms with Crippen LogP contribution in [-0.4, -0.2) is 59.9 Å². The number of amides is 2. The van der Waals surface area contributed by atoms with Gasteiger partial charge in [0.25, 0.3) is 0 Å². The van der Waals surface area contributed by atoms with E-state index in [1.165, 1.54) is 12.1 Å². The summed E-state index contributed by atoms with van der Waals surface area (Å²) in [6.45, 7) is 5.63. The number of hydrogen-bond acceptors (Lipinski definition) is 4. The van der Waals surface area contributed by atoms with Gasteiger partial charge < -0.3 is 15.4 Å². The van der Waals surface area contributed by atoms with Crippen molar-refractivity contribution < 1.29 is 18.7 Å². The van der Waals surface area contributed by atoms with Gasteiger partial charge in [-0.1, -0.05) is 6.07 Å². The van der Waals surface area contributed by atoms with Crippen LogP contribution in [0.15, 0.2) is 24.3 Å². The summed E-state index contributed by atoms with van der Waals surface area (Å²) in [5.41, 5.74) is 5.47. The summed E-state index contributed by atoms with van der Waals surface area (Å²) in [6, 6.07) is 5.51. The molecule has 1 saturated heterocycles. The summed E-state index contributed by atoms with van der Waals surface area (Å²) < 4.78 is 18.5. The molecule has 0 saturated carbocycles. The lowest BCUT2D eigenvalue weighted by atomic mass is 10.1. The zero-order valence-electron chi connectivity index (χ0n) is 14.1. The van der Waals surface area contributed by atoms with Gasteiger partial charge in [0.2, 0.25) is 11.8 Å². The largest absolute Gasteiger partial charge is 0.493 e. The quantitative estimate of drug-likeness (QED) is 0.840. The number of piperazine rings is 1. The van der Waals surface area contributed by atoms with Gasteiger partial charge in [-0.2, -0.15) is 0 Å². The van der Waals surface area contributed by atoms with Gasteiger partial charge in [0.15, 0.2) is 0 Å². The molecule has 2 rings (SSSR count). The van der Waals surface area contributed by atoms with Crippen LogP contribution in [0.25, 0.3) is 0 Å². The molecular weight excluding hydrogens is 313 g/mol. The van der Waals surface area contributed by atoms with E-state index in [2.05, 4.69) is 0 Å². The molecule has 2 N–H and O–H groups in total. The smallest absolute Gasteiger partial charge is 0.236 e. The standard InChI is InChI=1S/C17H24FN3O3/c1-12(2)21-8-7-20(11-15(21)17(19)23)16(22)6-9-24-14-5-3-4-13(18)10-14/h3-5,10,12,15H,6-9,11H2,1-2H3,(H2,19,23). The highest BCUT2D eigenvalue weighted by Crippen LogP contribution is 2.15. The number of nitrogens with zero attached hydrogens (tertiary/aromatic N) is 2. The molecule has 1 aromatic carbocycles. The van der Waals surface area contributed by atoms with Crippen LogP contribution < -0.4 is 10.5 Å². The van der Waals surface area contributed by atoms with Crippen LogP contribution in [0.2, 0.25) is 0 Å². The molecule has 0 radical (unpaired) electrons. The predicted octanol–water partition coefficient (Wildman–Crippen LogP) is 1.00. The van der Waals surface area contributed by atoms with Crippen LogP contribution in [0.3, 0.4) is 0 Å². The summed E-state index contributed by atoms with van der Waals surface area (Å²) in [5, 5.41) is 0. The van der Waals surface area contributed by atoms with Gasteiger partial charge in [-0.15, -0.1) is 0 Å². The van der Waals surface area contributed by atoms with Crippen molar-refractivity contribution in [2.75, 3.05) is 26.2 Å². The first-order chi connectivity index (χ1) is 11.4. The van der Waals surface area contributed by atoms with Gasteiger partial charge in [-0.25, -0.2) is 4.39 Å². The number of nitrogens with two attached hydrogens (primary N) is 1. The number of carbonyl (C=O) groups is 2. The highest BCUT2D eigenvalue weighted by molar-refractivity contribution is 5.82. The van der Waals surface area contributed by atoms with Crippen molar-refractivity contribution in [3.63, 3.8) is 0 Å². The summed E-state index contributed by atoms with van der Waals surface area (Å²) >= 11 is 0. The summed E-state index contributed by atoms with van der Waals surface area (Å²) in [7, 11) is 0. The van der Waals surface area contributed by atoms with Crippen LogP contribution in [0, 0.1) is 5.82 Å². The lowest BCUT2D eigenvalue weighted by Crippen LogP contribution is -2.61. The Morgan fingerprint density at radius 3 is 2.75 bits per heavy atom. The number of hydrogen-bond donors (Lipinski definition) is 1. The second-order valence-electron chi connectivity index (χ2n) is 6.15. The van der Waals surface area contributed by atoms with Crippen LogP contribution in [0.4, 0.5) is 4.39 Å². The van der Waals surface area contributed by atoms with E-state index in [0.29, 0.717) is 25.4 Å². The Labute approximate surface area is 141 Å². The summed E-state index contributed by atoms with van der Waals surface area (Å²) in [6.07, 6.45) is 0.170. The zero-order chi connectivity index (χ0) is 17.7. The van der Waals surface area contributed by atoms with E-state index in [9.17, 15) is 14.0 Å². The fourth-order valence-corrected chi connectivity index (χ4v) is 2.87. The lowest BCUT2D eigenvalue weighted by molar-refractivity contribution is -0.138. The Kier molecular flexibility index (Phi) is 6.14. The van der Waals surface area contributed by atoms with Gasteiger partial charge in [0.05, 0.1) is 13.0 Å². The minimum absolute atomic E-state index is 0.0962. The highest BCUT2D eigenvalue weighted by Gasteiger charge is 2.34.